The van der Waals surface area contributed by atoms with Gasteiger partial charge in [-0.15, -0.1) is 13.2 Å². The Morgan fingerprint density at radius 2 is 1.91 bits per heavy atom. The predicted molar refractivity (Wildman–Crippen MR) is 89.2 cm³/mol. The van der Waals surface area contributed by atoms with Crippen LogP contribution in [0.15, 0.2) is 29.3 Å². The third-order valence-corrected chi connectivity index (χ3v) is 3.36. The minimum absolute atomic E-state index is 0.207. The number of halogens is 3. The van der Waals surface area contributed by atoms with Gasteiger partial charge in [0.05, 0.1) is 6.54 Å². The van der Waals surface area contributed by atoms with E-state index in [0.29, 0.717) is 13.0 Å². The molecule has 8 heteroatoms. The fraction of sp³-hybridized carbons (Fsp3) is 0.533. The van der Waals surface area contributed by atoms with Crippen LogP contribution in [0.3, 0.4) is 0 Å². The molecular weight excluding hydrogens is 327 g/mol. The van der Waals surface area contributed by atoms with Crippen LogP contribution in [0.25, 0.3) is 0 Å². The number of alkyl halides is 3. The number of nitrogens with zero attached hydrogens (tertiary/aromatic N) is 1. The summed E-state index contributed by atoms with van der Waals surface area (Å²) in [5.74, 6) is 1.50. The van der Waals surface area contributed by atoms with Crippen molar-refractivity contribution >= 4 is 17.7 Å². The van der Waals surface area contributed by atoms with Gasteiger partial charge in [0.1, 0.15) is 5.75 Å². The van der Waals surface area contributed by atoms with Gasteiger partial charge in [0.25, 0.3) is 0 Å². The molecule has 4 nitrogen and oxygen atoms in total. The Kier molecular flexibility index (Phi) is 8.68. The fourth-order valence-electron chi connectivity index (χ4n) is 1.77. The first-order valence-electron chi connectivity index (χ1n) is 7.30. The van der Waals surface area contributed by atoms with Crippen LogP contribution in [0.5, 0.6) is 5.75 Å². The van der Waals surface area contributed by atoms with Gasteiger partial charge >= 0.3 is 6.36 Å². The molecule has 0 saturated heterocycles. The molecule has 1 rings (SSSR count). The lowest BCUT2D eigenvalue weighted by Crippen LogP contribution is -2.38. The van der Waals surface area contributed by atoms with E-state index in [1.165, 1.54) is 12.1 Å². The lowest BCUT2D eigenvalue weighted by atomic mass is 10.1. The first kappa shape index (κ1) is 19.5. The lowest BCUT2D eigenvalue weighted by Gasteiger charge is -2.12. The molecule has 0 aliphatic carbocycles. The second-order valence-corrected chi connectivity index (χ2v) is 5.61. The van der Waals surface area contributed by atoms with Crippen molar-refractivity contribution in [3.8, 4) is 5.75 Å². The van der Waals surface area contributed by atoms with Crippen molar-refractivity contribution in [2.45, 2.75) is 19.7 Å². The zero-order chi connectivity index (χ0) is 17.1. The molecule has 0 aliphatic rings. The van der Waals surface area contributed by atoms with Gasteiger partial charge in [0.15, 0.2) is 5.96 Å². The summed E-state index contributed by atoms with van der Waals surface area (Å²) in [5.41, 5.74) is 0.923. The number of benzene rings is 1. The van der Waals surface area contributed by atoms with Gasteiger partial charge in [0, 0.05) is 18.8 Å². The quantitative estimate of drug-likeness (QED) is 0.430. The van der Waals surface area contributed by atoms with Gasteiger partial charge in [-0.05, 0) is 37.3 Å². The summed E-state index contributed by atoms with van der Waals surface area (Å²) in [5, 5.41) is 6.35. The van der Waals surface area contributed by atoms with Crippen molar-refractivity contribution in [3.05, 3.63) is 29.8 Å². The Bertz CT molecular complexity index is 478. The molecule has 0 heterocycles. The van der Waals surface area contributed by atoms with Crippen molar-refractivity contribution < 1.29 is 17.9 Å². The third-order valence-electron chi connectivity index (χ3n) is 2.77. The molecule has 1 aromatic rings. The Balaban J connectivity index is 2.43. The topological polar surface area (TPSA) is 45.7 Å². The number of nitrogens with one attached hydrogen (secondary N) is 2. The highest BCUT2D eigenvalue weighted by molar-refractivity contribution is 7.98. The first-order chi connectivity index (χ1) is 10.9. The second-order valence-electron chi connectivity index (χ2n) is 4.62. The Morgan fingerprint density at radius 1 is 1.22 bits per heavy atom. The van der Waals surface area contributed by atoms with Crippen LogP contribution >= 0.6 is 11.8 Å². The zero-order valence-corrected chi connectivity index (χ0v) is 14.1. The molecule has 0 spiro atoms. The summed E-state index contributed by atoms with van der Waals surface area (Å²) in [6.45, 7) is 4.14. The van der Waals surface area contributed by atoms with E-state index in [-0.39, 0.29) is 5.75 Å². The molecule has 0 bridgehead atoms. The number of aliphatic imine (C=N–C) groups is 1. The first-order valence-corrected chi connectivity index (χ1v) is 8.69. The number of rotatable bonds is 8. The highest BCUT2D eigenvalue weighted by Crippen LogP contribution is 2.22. The van der Waals surface area contributed by atoms with E-state index in [9.17, 15) is 13.2 Å². The van der Waals surface area contributed by atoms with Crippen LogP contribution < -0.4 is 15.4 Å². The van der Waals surface area contributed by atoms with Crippen LogP contribution in [-0.4, -0.2) is 44.0 Å². The smallest absolute Gasteiger partial charge is 0.406 e. The van der Waals surface area contributed by atoms with E-state index in [2.05, 4.69) is 20.4 Å². The lowest BCUT2D eigenvalue weighted by molar-refractivity contribution is -0.274. The van der Waals surface area contributed by atoms with E-state index < -0.39 is 6.36 Å². The van der Waals surface area contributed by atoms with Crippen molar-refractivity contribution in [3.63, 3.8) is 0 Å². The minimum Gasteiger partial charge on any atom is -0.406 e. The number of hydrogen-bond donors (Lipinski definition) is 2. The largest absolute Gasteiger partial charge is 0.573 e. The molecule has 0 unspecified atom stereocenters. The molecule has 0 fully saturated rings. The maximum atomic E-state index is 12.1. The summed E-state index contributed by atoms with van der Waals surface area (Å²) < 4.78 is 40.1. The van der Waals surface area contributed by atoms with E-state index in [1.54, 1.807) is 23.9 Å². The summed E-state index contributed by atoms with van der Waals surface area (Å²) in [4.78, 5) is 4.42. The van der Waals surface area contributed by atoms with Crippen LogP contribution in [0, 0.1) is 0 Å². The molecule has 0 radical (unpaired) electrons. The number of hydrogen-bond acceptors (Lipinski definition) is 3. The van der Waals surface area contributed by atoms with Gasteiger partial charge in [-0.2, -0.15) is 11.8 Å². The average molecular weight is 349 g/mol. The molecule has 0 aromatic heterocycles. The molecule has 0 saturated carbocycles. The van der Waals surface area contributed by atoms with Gasteiger partial charge in [-0.3, -0.25) is 4.99 Å². The fourth-order valence-corrected chi connectivity index (χ4v) is 2.05. The van der Waals surface area contributed by atoms with E-state index in [4.69, 9.17) is 0 Å². The number of guanidine groups is 1. The zero-order valence-electron chi connectivity index (χ0n) is 13.2. The second kappa shape index (κ2) is 10.3. The van der Waals surface area contributed by atoms with Crippen LogP contribution in [-0.2, 0) is 6.42 Å². The number of ether oxygens (including phenoxy) is 1. The van der Waals surface area contributed by atoms with Crippen molar-refractivity contribution in [1.29, 1.82) is 0 Å². The number of thioether (sulfide) groups is 1. The van der Waals surface area contributed by atoms with Gasteiger partial charge < -0.3 is 15.4 Å². The molecule has 0 aliphatic heterocycles. The summed E-state index contributed by atoms with van der Waals surface area (Å²) in [7, 11) is 0. The van der Waals surface area contributed by atoms with Crippen LogP contribution in [0.4, 0.5) is 13.2 Å². The van der Waals surface area contributed by atoms with Gasteiger partial charge in [0.2, 0.25) is 0 Å². The summed E-state index contributed by atoms with van der Waals surface area (Å²) in [6.07, 6.45) is -1.95. The van der Waals surface area contributed by atoms with Crippen molar-refractivity contribution in [1.82, 2.24) is 10.6 Å². The maximum Gasteiger partial charge on any atom is 0.573 e. The molecular formula is C15H22F3N3OS. The predicted octanol–water partition coefficient (Wildman–Crippen LogP) is 3.05. The monoisotopic (exact) mass is 349 g/mol. The molecule has 130 valence electrons. The van der Waals surface area contributed by atoms with Crippen molar-refractivity contribution in [2.75, 3.05) is 31.6 Å². The molecule has 2 N–H and O–H groups in total. The van der Waals surface area contributed by atoms with Gasteiger partial charge in [-0.1, -0.05) is 12.1 Å². The normalized spacial score (nSPS) is 12.1. The van der Waals surface area contributed by atoms with Crippen LogP contribution in [0.1, 0.15) is 12.5 Å². The molecule has 0 atom stereocenters. The average Bonchev–Trinajstić information content (AvgIpc) is 2.48. The summed E-state index contributed by atoms with van der Waals surface area (Å²) in [6, 6.07) is 5.89. The minimum atomic E-state index is -4.66. The standard InChI is InChI=1S/C15H22F3N3OS/c1-3-19-14(21-10-11-23-2)20-9-8-12-4-6-13(7-5-12)22-15(16,17)18/h4-7H,3,8-11H2,1-2H3,(H2,19,20,21). The Labute approximate surface area is 138 Å². The van der Waals surface area contributed by atoms with Gasteiger partial charge in [-0.25, -0.2) is 0 Å². The maximum absolute atomic E-state index is 12.1. The Morgan fingerprint density at radius 3 is 2.48 bits per heavy atom. The van der Waals surface area contributed by atoms with Crippen molar-refractivity contribution in [2.24, 2.45) is 4.99 Å². The molecule has 0 amide bonds. The highest BCUT2D eigenvalue weighted by atomic mass is 32.2. The van der Waals surface area contributed by atoms with E-state index >= 15 is 0 Å². The van der Waals surface area contributed by atoms with E-state index in [1.807, 2.05) is 13.2 Å². The SMILES string of the molecule is CCNC(=NCCSC)NCCc1ccc(OC(F)(F)F)cc1. The summed E-state index contributed by atoms with van der Waals surface area (Å²) >= 11 is 1.73. The third kappa shape index (κ3) is 9.22. The Hall–Kier alpha value is -1.57. The molecule has 23 heavy (non-hydrogen) atoms. The highest BCUT2D eigenvalue weighted by Gasteiger charge is 2.30. The van der Waals surface area contributed by atoms with E-state index in [0.717, 1.165) is 30.4 Å². The molecule has 1 aromatic carbocycles. The van der Waals surface area contributed by atoms with Crippen LogP contribution in [0.2, 0.25) is 0 Å².